The molecular weight excluding hydrogens is 448 g/mol. The van der Waals surface area contributed by atoms with Crippen LogP contribution in [0.1, 0.15) is 36.8 Å². The van der Waals surface area contributed by atoms with Crippen LogP contribution in [0.3, 0.4) is 0 Å². The van der Waals surface area contributed by atoms with Crippen molar-refractivity contribution in [2.45, 2.75) is 32.7 Å². The van der Waals surface area contributed by atoms with Crippen molar-refractivity contribution in [3.63, 3.8) is 0 Å². The van der Waals surface area contributed by atoms with E-state index in [1.54, 1.807) is 38.1 Å². The summed E-state index contributed by atoms with van der Waals surface area (Å²) in [4.78, 5) is 41.4. The number of urea groups is 1. The van der Waals surface area contributed by atoms with Crippen LogP contribution in [-0.4, -0.2) is 41.3 Å². The summed E-state index contributed by atoms with van der Waals surface area (Å²) in [5.74, 6) is 0.646. The highest BCUT2D eigenvalue weighted by molar-refractivity contribution is 5.95. The molecule has 4 rings (SSSR count). The molecule has 4 heterocycles. The van der Waals surface area contributed by atoms with E-state index < -0.39 is 24.0 Å². The molecule has 3 aromatic rings. The predicted molar refractivity (Wildman–Crippen MR) is 113 cm³/mol. The number of nitrogens with one attached hydrogen (secondary N) is 2. The molecule has 0 aliphatic carbocycles. The summed E-state index contributed by atoms with van der Waals surface area (Å²) in [6.07, 6.45) is 1.56. The average molecular weight is 470 g/mol. The third-order valence-corrected chi connectivity index (χ3v) is 4.82. The van der Waals surface area contributed by atoms with Gasteiger partial charge in [-0.15, -0.1) is 0 Å². The molecule has 178 valence electrons. The lowest BCUT2D eigenvalue weighted by Gasteiger charge is -2.27. The molecule has 0 spiro atoms. The monoisotopic (exact) mass is 470 g/mol. The minimum absolute atomic E-state index is 0.0607. The van der Waals surface area contributed by atoms with E-state index in [9.17, 15) is 14.4 Å². The van der Waals surface area contributed by atoms with Gasteiger partial charge in [0.25, 0.3) is 0 Å². The number of amides is 2. The number of carbonyl (C=O) groups excluding carboxylic acids is 3. The highest BCUT2D eigenvalue weighted by Crippen LogP contribution is 2.29. The van der Waals surface area contributed by atoms with E-state index in [4.69, 9.17) is 22.8 Å². The highest BCUT2D eigenvalue weighted by atomic mass is 16.5. The van der Waals surface area contributed by atoms with Crippen molar-refractivity contribution in [1.82, 2.24) is 20.8 Å². The zero-order chi connectivity index (χ0) is 24.1. The summed E-state index contributed by atoms with van der Waals surface area (Å²) >= 11 is 0. The van der Waals surface area contributed by atoms with E-state index in [-0.39, 0.29) is 49.0 Å². The van der Waals surface area contributed by atoms with Crippen molar-refractivity contribution < 1.29 is 37.2 Å². The van der Waals surface area contributed by atoms with Crippen LogP contribution in [0, 0.1) is 6.92 Å². The molecule has 12 heteroatoms. The van der Waals surface area contributed by atoms with Crippen LogP contribution < -0.4 is 10.6 Å². The third kappa shape index (κ3) is 5.17. The maximum Gasteiger partial charge on any atom is 0.338 e. The van der Waals surface area contributed by atoms with Crippen LogP contribution in [-0.2, 0) is 25.5 Å². The molecule has 1 aliphatic heterocycles. The number of rotatable bonds is 9. The molecule has 3 aromatic heterocycles. The number of hydrogen-bond acceptors (Lipinski definition) is 10. The Kier molecular flexibility index (Phi) is 6.76. The zero-order valence-corrected chi connectivity index (χ0v) is 18.5. The van der Waals surface area contributed by atoms with Crippen LogP contribution in [0.5, 0.6) is 0 Å². The van der Waals surface area contributed by atoms with E-state index in [0.29, 0.717) is 17.3 Å². The van der Waals surface area contributed by atoms with E-state index in [1.807, 2.05) is 0 Å². The lowest BCUT2D eigenvalue weighted by molar-refractivity contribution is -0.143. The Bertz CT molecular complexity index is 1210. The van der Waals surface area contributed by atoms with Gasteiger partial charge < -0.3 is 33.5 Å². The van der Waals surface area contributed by atoms with E-state index >= 15 is 0 Å². The van der Waals surface area contributed by atoms with Crippen molar-refractivity contribution >= 4 is 18.0 Å². The Morgan fingerprint density at radius 3 is 2.76 bits per heavy atom. The normalized spacial score (nSPS) is 15.6. The molecule has 1 atom stereocenters. The molecule has 0 bridgehead atoms. The fourth-order valence-corrected chi connectivity index (χ4v) is 3.30. The Morgan fingerprint density at radius 1 is 1.21 bits per heavy atom. The molecule has 0 aromatic carbocycles. The van der Waals surface area contributed by atoms with E-state index in [0.717, 1.165) is 0 Å². The number of furan rings is 2. The number of hydrogen-bond donors (Lipinski definition) is 2. The quantitative estimate of drug-likeness (QED) is 0.445. The summed E-state index contributed by atoms with van der Waals surface area (Å²) in [7, 11) is 0. The van der Waals surface area contributed by atoms with Crippen molar-refractivity contribution in [2.75, 3.05) is 13.2 Å². The van der Waals surface area contributed by atoms with Crippen LogP contribution in [0.15, 0.2) is 55.2 Å². The molecule has 2 N–H and O–H groups in total. The van der Waals surface area contributed by atoms with Crippen LogP contribution in [0.4, 0.5) is 4.79 Å². The SMILES string of the molecule is CCOC(=O)C1=C(COC(=O)CCc2nc(-c3ccco3)no2)NC(=O)N[C@@H]1c1ccc(C)o1. The topological polar surface area (TPSA) is 159 Å². The van der Waals surface area contributed by atoms with Gasteiger partial charge in [0, 0.05) is 6.42 Å². The maximum absolute atomic E-state index is 12.7. The molecular formula is C22H22N4O8. The number of aryl methyl sites for hydroxylation is 2. The number of carbonyl (C=O) groups is 3. The van der Waals surface area contributed by atoms with Gasteiger partial charge in [0.15, 0.2) is 5.76 Å². The van der Waals surface area contributed by atoms with E-state index in [2.05, 4.69) is 20.8 Å². The van der Waals surface area contributed by atoms with Gasteiger partial charge in [-0.3, -0.25) is 4.79 Å². The number of aromatic nitrogens is 2. The number of ether oxygens (including phenoxy) is 2. The minimum Gasteiger partial charge on any atom is -0.464 e. The molecule has 0 fully saturated rings. The van der Waals surface area contributed by atoms with Gasteiger partial charge in [-0.05, 0) is 38.1 Å². The first-order valence-corrected chi connectivity index (χ1v) is 10.5. The Hall–Kier alpha value is -4.35. The molecule has 0 saturated carbocycles. The first-order valence-electron chi connectivity index (χ1n) is 10.5. The standard InChI is InChI=1S/C22H22N4O8/c1-3-30-21(28)18-13(23-22(29)25-19(18)14-7-6-12(2)33-14)11-32-17(27)9-8-16-24-20(26-34-16)15-5-4-10-31-15/h4-7,10,19H,3,8-9,11H2,1-2H3,(H2,23,25,29)/t19-/m1/s1. The fraction of sp³-hybridized carbons (Fsp3) is 0.318. The minimum atomic E-state index is -0.895. The van der Waals surface area contributed by atoms with Gasteiger partial charge in [-0.1, -0.05) is 5.16 Å². The van der Waals surface area contributed by atoms with Crippen molar-refractivity contribution in [2.24, 2.45) is 0 Å². The lowest BCUT2D eigenvalue weighted by atomic mass is 10.0. The summed E-state index contributed by atoms with van der Waals surface area (Å²) < 4.78 is 26.3. The second-order valence-electron chi connectivity index (χ2n) is 7.24. The first kappa shape index (κ1) is 22.8. The Morgan fingerprint density at radius 2 is 2.06 bits per heavy atom. The average Bonchev–Trinajstić information content (AvgIpc) is 3.57. The summed E-state index contributed by atoms with van der Waals surface area (Å²) in [5.41, 5.74) is 0.191. The highest BCUT2D eigenvalue weighted by Gasteiger charge is 2.36. The predicted octanol–water partition coefficient (Wildman–Crippen LogP) is 2.58. The fourth-order valence-electron chi connectivity index (χ4n) is 3.30. The summed E-state index contributed by atoms with van der Waals surface area (Å²) in [6.45, 7) is 3.17. The van der Waals surface area contributed by atoms with Gasteiger partial charge in [-0.25, -0.2) is 9.59 Å². The van der Waals surface area contributed by atoms with Crippen molar-refractivity contribution in [1.29, 1.82) is 0 Å². The lowest BCUT2D eigenvalue weighted by Crippen LogP contribution is -2.47. The summed E-state index contributed by atoms with van der Waals surface area (Å²) in [5, 5.41) is 8.95. The molecule has 0 saturated heterocycles. The third-order valence-electron chi connectivity index (χ3n) is 4.82. The number of esters is 2. The van der Waals surface area contributed by atoms with E-state index in [1.165, 1.54) is 6.26 Å². The smallest absolute Gasteiger partial charge is 0.338 e. The molecule has 34 heavy (non-hydrogen) atoms. The van der Waals surface area contributed by atoms with Gasteiger partial charge in [0.1, 0.15) is 24.2 Å². The molecule has 0 unspecified atom stereocenters. The molecule has 0 radical (unpaired) electrons. The van der Waals surface area contributed by atoms with Crippen LogP contribution in [0.2, 0.25) is 0 Å². The zero-order valence-electron chi connectivity index (χ0n) is 18.5. The van der Waals surface area contributed by atoms with Gasteiger partial charge >= 0.3 is 18.0 Å². The second-order valence-corrected chi connectivity index (χ2v) is 7.24. The van der Waals surface area contributed by atoms with Crippen molar-refractivity contribution in [3.05, 3.63) is 59.2 Å². The largest absolute Gasteiger partial charge is 0.464 e. The Balaban J connectivity index is 1.43. The van der Waals surface area contributed by atoms with Gasteiger partial charge in [-0.2, -0.15) is 4.98 Å². The Labute approximate surface area is 193 Å². The molecule has 2 amide bonds. The van der Waals surface area contributed by atoms with Gasteiger partial charge in [0.05, 0.1) is 30.6 Å². The molecule has 1 aliphatic rings. The van der Waals surface area contributed by atoms with Crippen LogP contribution >= 0.6 is 0 Å². The van der Waals surface area contributed by atoms with Crippen LogP contribution in [0.25, 0.3) is 11.6 Å². The summed E-state index contributed by atoms with van der Waals surface area (Å²) in [6, 6.07) is 5.26. The second kappa shape index (κ2) is 10.1. The van der Waals surface area contributed by atoms with Gasteiger partial charge in [0.2, 0.25) is 11.7 Å². The number of nitrogens with zero attached hydrogens (tertiary/aromatic N) is 2. The first-order chi connectivity index (χ1) is 16.4. The molecule has 12 nitrogen and oxygen atoms in total. The maximum atomic E-state index is 12.7. The van der Waals surface area contributed by atoms with Crippen molar-refractivity contribution in [3.8, 4) is 11.6 Å².